The van der Waals surface area contributed by atoms with Crippen molar-refractivity contribution in [3.8, 4) is 5.75 Å². The van der Waals surface area contributed by atoms with Crippen molar-refractivity contribution in [3.63, 3.8) is 0 Å². The van der Waals surface area contributed by atoms with E-state index in [0.29, 0.717) is 0 Å². The highest BCUT2D eigenvalue weighted by Crippen LogP contribution is 2.13. The van der Waals surface area contributed by atoms with Gasteiger partial charge < -0.3 is 15.5 Å². The lowest BCUT2D eigenvalue weighted by molar-refractivity contribution is 0.311. The molecule has 23 heavy (non-hydrogen) atoms. The third-order valence-corrected chi connectivity index (χ3v) is 3.51. The van der Waals surface area contributed by atoms with Crippen LogP contribution in [-0.4, -0.2) is 19.4 Å². The number of hydrogen-bond donors (Lipinski definition) is 2. The van der Waals surface area contributed by atoms with Crippen LogP contribution in [0.4, 0.5) is 0 Å². The largest absolute Gasteiger partial charge is 0.494 e. The van der Waals surface area contributed by atoms with Gasteiger partial charge in [-0.15, -0.1) is 0 Å². The van der Waals surface area contributed by atoms with Gasteiger partial charge in [0.2, 0.25) is 0 Å². The quantitative estimate of drug-likeness (QED) is 0.515. The van der Waals surface area contributed by atoms with Crippen LogP contribution < -0.4 is 10.1 Å². The Morgan fingerprint density at radius 1 is 0.913 bits per heavy atom. The van der Waals surface area contributed by atoms with Crippen LogP contribution in [0.1, 0.15) is 17.5 Å². The average molecular weight is 308 g/mol. The standard InChI is InChI=1S/C20H24N2O/c21-14-5-15-22-16-13-19-9-11-20(12-10-19)23-17-4-8-18-6-2-1-3-7-18/h1-3,5-7,9-12,14-15,21-22H,4,8,13,16-17H2/b15-5-,21-14?. The molecule has 3 heteroatoms. The van der Waals surface area contributed by atoms with Gasteiger partial charge in [0, 0.05) is 12.8 Å². The van der Waals surface area contributed by atoms with Gasteiger partial charge in [-0.25, -0.2) is 0 Å². The molecule has 0 atom stereocenters. The van der Waals surface area contributed by atoms with Crippen LogP contribution in [0.15, 0.2) is 66.9 Å². The van der Waals surface area contributed by atoms with Crippen LogP contribution in [0.3, 0.4) is 0 Å². The summed E-state index contributed by atoms with van der Waals surface area (Å²) >= 11 is 0. The molecular weight excluding hydrogens is 284 g/mol. The van der Waals surface area contributed by atoms with Gasteiger partial charge in [0.25, 0.3) is 0 Å². The minimum absolute atomic E-state index is 0.740. The topological polar surface area (TPSA) is 45.1 Å². The molecule has 0 heterocycles. The molecule has 3 nitrogen and oxygen atoms in total. The molecule has 0 fully saturated rings. The van der Waals surface area contributed by atoms with E-state index in [2.05, 4.69) is 41.7 Å². The maximum Gasteiger partial charge on any atom is 0.119 e. The summed E-state index contributed by atoms with van der Waals surface area (Å²) in [5, 5.41) is 10.0. The fraction of sp³-hybridized carbons (Fsp3) is 0.250. The fourth-order valence-corrected chi connectivity index (χ4v) is 2.28. The number of benzene rings is 2. The number of hydrogen-bond acceptors (Lipinski definition) is 3. The summed E-state index contributed by atoms with van der Waals surface area (Å²) in [7, 11) is 0. The molecule has 0 saturated carbocycles. The molecule has 0 saturated heterocycles. The second-order valence-electron chi connectivity index (χ2n) is 5.31. The summed E-state index contributed by atoms with van der Waals surface area (Å²) in [6.45, 7) is 1.60. The zero-order valence-corrected chi connectivity index (χ0v) is 13.4. The van der Waals surface area contributed by atoms with E-state index in [-0.39, 0.29) is 0 Å². The molecule has 2 aromatic carbocycles. The average Bonchev–Trinajstić information content (AvgIpc) is 2.61. The highest BCUT2D eigenvalue weighted by atomic mass is 16.5. The number of aryl methyl sites for hydroxylation is 1. The van der Waals surface area contributed by atoms with Crippen molar-refractivity contribution >= 4 is 6.21 Å². The maximum absolute atomic E-state index is 6.88. The molecule has 0 spiro atoms. The highest BCUT2D eigenvalue weighted by molar-refractivity contribution is 5.67. The zero-order chi connectivity index (χ0) is 16.2. The van der Waals surface area contributed by atoms with E-state index < -0.39 is 0 Å². The minimum atomic E-state index is 0.740. The molecule has 0 aliphatic carbocycles. The first kappa shape index (κ1) is 16.8. The van der Waals surface area contributed by atoms with Gasteiger partial charge in [0.15, 0.2) is 0 Å². The Balaban J connectivity index is 1.64. The first-order valence-electron chi connectivity index (χ1n) is 8.03. The van der Waals surface area contributed by atoms with Gasteiger partial charge in [-0.05, 0) is 54.8 Å². The van der Waals surface area contributed by atoms with Crippen LogP contribution in [0.25, 0.3) is 0 Å². The Bertz CT molecular complexity index is 591. The van der Waals surface area contributed by atoms with E-state index in [1.807, 2.05) is 18.2 Å². The van der Waals surface area contributed by atoms with Gasteiger partial charge >= 0.3 is 0 Å². The highest BCUT2D eigenvalue weighted by Gasteiger charge is 1.97. The summed E-state index contributed by atoms with van der Waals surface area (Å²) in [5.74, 6) is 0.929. The second-order valence-corrected chi connectivity index (χ2v) is 5.31. The Hall–Kier alpha value is -2.55. The molecule has 0 aliphatic heterocycles. The van der Waals surface area contributed by atoms with Crippen LogP contribution in [0.2, 0.25) is 0 Å². The van der Waals surface area contributed by atoms with E-state index in [4.69, 9.17) is 10.1 Å². The predicted molar refractivity (Wildman–Crippen MR) is 96.3 cm³/mol. The van der Waals surface area contributed by atoms with Crippen molar-refractivity contribution in [1.82, 2.24) is 5.32 Å². The lowest BCUT2D eigenvalue weighted by atomic mass is 10.1. The Morgan fingerprint density at radius 2 is 1.65 bits per heavy atom. The second kappa shape index (κ2) is 10.2. The van der Waals surface area contributed by atoms with E-state index in [1.54, 1.807) is 12.3 Å². The molecular formula is C20H24N2O. The van der Waals surface area contributed by atoms with Crippen LogP contribution in [0, 0.1) is 5.41 Å². The SMILES string of the molecule is N=C/C=C\NCCc1ccc(OCCCc2ccccc2)cc1. The number of ether oxygens (including phenoxy) is 1. The Morgan fingerprint density at radius 3 is 2.39 bits per heavy atom. The lowest BCUT2D eigenvalue weighted by Gasteiger charge is -2.07. The van der Waals surface area contributed by atoms with Crippen molar-refractivity contribution in [2.75, 3.05) is 13.2 Å². The minimum Gasteiger partial charge on any atom is -0.494 e. The third kappa shape index (κ3) is 6.83. The van der Waals surface area contributed by atoms with E-state index in [9.17, 15) is 0 Å². The summed E-state index contributed by atoms with van der Waals surface area (Å²) in [6.07, 6.45) is 7.75. The molecule has 0 amide bonds. The van der Waals surface area contributed by atoms with Crippen LogP contribution in [-0.2, 0) is 12.8 Å². The number of rotatable bonds is 10. The molecule has 0 unspecified atom stereocenters. The summed E-state index contributed by atoms with van der Waals surface area (Å²) < 4.78 is 5.79. The fourth-order valence-electron chi connectivity index (χ4n) is 2.28. The maximum atomic E-state index is 6.88. The van der Waals surface area contributed by atoms with Gasteiger partial charge in [0.1, 0.15) is 5.75 Å². The van der Waals surface area contributed by atoms with Gasteiger partial charge in [-0.2, -0.15) is 0 Å². The summed E-state index contributed by atoms with van der Waals surface area (Å²) in [4.78, 5) is 0. The monoisotopic (exact) mass is 308 g/mol. The van der Waals surface area contributed by atoms with Crippen molar-refractivity contribution < 1.29 is 4.74 Å². The zero-order valence-electron chi connectivity index (χ0n) is 13.4. The Kier molecular flexibility index (Phi) is 7.47. The normalized spacial score (nSPS) is 10.6. The summed E-state index contributed by atoms with van der Waals surface area (Å²) in [6, 6.07) is 18.8. The first-order valence-corrected chi connectivity index (χ1v) is 8.03. The molecule has 2 aromatic rings. The Labute approximate surface area is 138 Å². The van der Waals surface area contributed by atoms with Crippen molar-refractivity contribution in [2.24, 2.45) is 0 Å². The van der Waals surface area contributed by atoms with E-state index >= 15 is 0 Å². The van der Waals surface area contributed by atoms with Gasteiger partial charge in [-0.1, -0.05) is 42.5 Å². The molecule has 120 valence electrons. The van der Waals surface area contributed by atoms with Crippen molar-refractivity contribution in [2.45, 2.75) is 19.3 Å². The molecule has 2 rings (SSSR count). The lowest BCUT2D eigenvalue weighted by Crippen LogP contribution is -2.09. The van der Waals surface area contributed by atoms with Crippen molar-refractivity contribution in [1.29, 1.82) is 5.41 Å². The van der Waals surface area contributed by atoms with Gasteiger partial charge in [-0.3, -0.25) is 0 Å². The molecule has 0 radical (unpaired) electrons. The van der Waals surface area contributed by atoms with E-state index in [0.717, 1.165) is 38.2 Å². The predicted octanol–water partition coefficient (Wildman–Crippen LogP) is 3.99. The van der Waals surface area contributed by atoms with Gasteiger partial charge in [0.05, 0.1) is 6.61 Å². The number of nitrogens with one attached hydrogen (secondary N) is 2. The van der Waals surface area contributed by atoms with E-state index in [1.165, 1.54) is 17.3 Å². The molecule has 2 N–H and O–H groups in total. The smallest absolute Gasteiger partial charge is 0.119 e. The molecule has 0 bridgehead atoms. The third-order valence-electron chi connectivity index (χ3n) is 3.51. The summed E-state index contributed by atoms with van der Waals surface area (Å²) in [5.41, 5.74) is 2.63. The molecule has 0 aromatic heterocycles. The molecule has 0 aliphatic rings. The van der Waals surface area contributed by atoms with Crippen LogP contribution >= 0.6 is 0 Å². The van der Waals surface area contributed by atoms with Crippen molar-refractivity contribution in [3.05, 3.63) is 78.0 Å². The first-order chi connectivity index (χ1) is 11.4. The number of allylic oxidation sites excluding steroid dienone is 1. The van der Waals surface area contributed by atoms with Crippen LogP contribution in [0.5, 0.6) is 5.75 Å².